The molecule has 7 heteroatoms. The Morgan fingerprint density at radius 3 is 2.77 bits per heavy atom. The summed E-state index contributed by atoms with van der Waals surface area (Å²) in [6.45, 7) is 3.49. The van der Waals surface area contributed by atoms with E-state index in [1.54, 1.807) is 0 Å². The maximum Gasteiger partial charge on any atom is 0.191 e. The van der Waals surface area contributed by atoms with E-state index in [2.05, 4.69) is 28.8 Å². The number of hydrogen-bond acceptors (Lipinski definition) is 4. The summed E-state index contributed by atoms with van der Waals surface area (Å²) in [7, 11) is -2.81. The molecule has 3 atom stereocenters. The Morgan fingerprint density at radius 1 is 1.32 bits per heavy atom. The van der Waals surface area contributed by atoms with E-state index in [4.69, 9.17) is 0 Å². The lowest BCUT2D eigenvalue weighted by Gasteiger charge is -2.30. The fourth-order valence-corrected chi connectivity index (χ4v) is 5.92. The van der Waals surface area contributed by atoms with Crippen LogP contribution in [0.15, 0.2) is 4.99 Å². The van der Waals surface area contributed by atoms with Gasteiger partial charge in [-0.05, 0) is 44.8 Å². The van der Waals surface area contributed by atoms with Crippen molar-refractivity contribution < 1.29 is 8.42 Å². The summed E-state index contributed by atoms with van der Waals surface area (Å²) in [5, 5.41) is 7.58. The molecular weight excluding hydrogens is 318 g/mol. The first kappa shape index (κ1) is 17.9. The lowest BCUT2D eigenvalue weighted by Crippen LogP contribution is -2.46. The van der Waals surface area contributed by atoms with E-state index in [0.29, 0.717) is 24.1 Å². The van der Waals surface area contributed by atoms with Crippen molar-refractivity contribution in [1.82, 2.24) is 10.6 Å². The minimum atomic E-state index is -2.81. The van der Waals surface area contributed by atoms with Gasteiger partial charge in [0.05, 0.1) is 11.5 Å². The van der Waals surface area contributed by atoms with Crippen molar-refractivity contribution in [3.8, 4) is 0 Å². The molecule has 1 saturated carbocycles. The summed E-state index contributed by atoms with van der Waals surface area (Å²) in [6.07, 6.45) is 7.90. The second-order valence-electron chi connectivity index (χ2n) is 6.35. The number of hydrogen-bond donors (Lipinski definition) is 2. The third-order valence-corrected chi connectivity index (χ3v) is 7.41. The molecule has 2 rings (SSSR count). The van der Waals surface area contributed by atoms with Crippen LogP contribution in [0.1, 0.15) is 39.0 Å². The number of nitrogens with zero attached hydrogens (tertiary/aromatic N) is 1. The number of sulfone groups is 1. The summed E-state index contributed by atoms with van der Waals surface area (Å²) >= 11 is 1.96. The molecule has 128 valence electrons. The average Bonchev–Trinajstić information content (AvgIpc) is 2.84. The van der Waals surface area contributed by atoms with Gasteiger partial charge < -0.3 is 10.6 Å². The Labute approximate surface area is 139 Å². The van der Waals surface area contributed by atoms with Gasteiger partial charge in [-0.25, -0.2) is 8.42 Å². The van der Waals surface area contributed by atoms with E-state index in [-0.39, 0.29) is 5.92 Å². The molecule has 2 N–H and O–H groups in total. The minimum Gasteiger partial charge on any atom is -0.357 e. The molecule has 1 heterocycles. The highest BCUT2D eigenvalue weighted by atomic mass is 32.2. The van der Waals surface area contributed by atoms with Crippen LogP contribution >= 0.6 is 11.8 Å². The summed E-state index contributed by atoms with van der Waals surface area (Å²) in [6, 6.07) is 0.483. The van der Waals surface area contributed by atoms with Crippen LogP contribution in [0.2, 0.25) is 0 Å². The highest BCUT2D eigenvalue weighted by Crippen LogP contribution is 2.26. The Morgan fingerprint density at radius 2 is 2.14 bits per heavy atom. The monoisotopic (exact) mass is 347 g/mol. The minimum absolute atomic E-state index is 0.186. The molecule has 0 aromatic carbocycles. The summed E-state index contributed by atoms with van der Waals surface area (Å²) in [4.78, 5) is 4.63. The predicted molar refractivity (Wildman–Crippen MR) is 95.4 cm³/mol. The van der Waals surface area contributed by atoms with Crippen LogP contribution < -0.4 is 10.6 Å². The molecule has 0 amide bonds. The highest BCUT2D eigenvalue weighted by Gasteiger charge is 2.28. The molecule has 22 heavy (non-hydrogen) atoms. The summed E-state index contributed by atoms with van der Waals surface area (Å²) < 4.78 is 23.0. The number of nitrogens with one attached hydrogen (secondary N) is 2. The molecule has 3 unspecified atom stereocenters. The lowest BCUT2D eigenvalue weighted by molar-refractivity contribution is 0.418. The normalized spacial score (nSPS) is 31.9. The molecule has 0 aromatic rings. The summed E-state index contributed by atoms with van der Waals surface area (Å²) in [5.74, 6) is 1.66. The van der Waals surface area contributed by atoms with Gasteiger partial charge in [-0.1, -0.05) is 6.42 Å². The van der Waals surface area contributed by atoms with Crippen LogP contribution in [0.5, 0.6) is 0 Å². The Kier molecular flexibility index (Phi) is 6.87. The average molecular weight is 348 g/mol. The van der Waals surface area contributed by atoms with Crippen LogP contribution in [-0.2, 0) is 9.84 Å². The van der Waals surface area contributed by atoms with Crippen molar-refractivity contribution in [2.24, 2.45) is 10.9 Å². The fraction of sp³-hybridized carbons (Fsp3) is 0.933. The van der Waals surface area contributed by atoms with E-state index < -0.39 is 9.84 Å². The van der Waals surface area contributed by atoms with Crippen LogP contribution in [0.4, 0.5) is 0 Å². The molecule has 0 aromatic heterocycles. The second kappa shape index (κ2) is 8.43. The van der Waals surface area contributed by atoms with E-state index in [0.717, 1.165) is 24.2 Å². The molecule has 0 bridgehead atoms. The molecule has 0 spiro atoms. The third-order valence-electron chi connectivity index (χ3n) is 4.48. The largest absolute Gasteiger partial charge is 0.357 e. The first-order valence-electron chi connectivity index (χ1n) is 8.30. The van der Waals surface area contributed by atoms with Gasteiger partial charge in [-0.3, -0.25) is 4.99 Å². The van der Waals surface area contributed by atoms with Gasteiger partial charge in [-0.15, -0.1) is 0 Å². The number of aliphatic imine (C=N–C) groups is 1. The van der Waals surface area contributed by atoms with E-state index in [1.807, 2.05) is 11.8 Å². The quantitative estimate of drug-likeness (QED) is 0.584. The first-order valence-corrected chi connectivity index (χ1v) is 11.4. The van der Waals surface area contributed by atoms with Gasteiger partial charge in [-0.2, -0.15) is 11.8 Å². The molecule has 5 nitrogen and oxygen atoms in total. The number of rotatable bonds is 5. The molecule has 2 fully saturated rings. The van der Waals surface area contributed by atoms with Gasteiger partial charge in [0.15, 0.2) is 15.8 Å². The van der Waals surface area contributed by atoms with Crippen molar-refractivity contribution >= 4 is 27.6 Å². The Balaban J connectivity index is 1.87. The van der Waals surface area contributed by atoms with Gasteiger partial charge >= 0.3 is 0 Å². The zero-order valence-electron chi connectivity index (χ0n) is 13.7. The molecule has 1 saturated heterocycles. The first-order chi connectivity index (χ1) is 10.5. The van der Waals surface area contributed by atoms with Crippen LogP contribution in [-0.4, -0.2) is 56.5 Å². The molecule has 1 aliphatic carbocycles. The fourth-order valence-electron chi connectivity index (χ4n) is 3.24. The zero-order valence-corrected chi connectivity index (χ0v) is 15.3. The second-order valence-corrected chi connectivity index (χ2v) is 9.72. The topological polar surface area (TPSA) is 70.6 Å². The molecule has 1 aliphatic heterocycles. The van der Waals surface area contributed by atoms with Crippen molar-refractivity contribution in [3.63, 3.8) is 0 Å². The van der Waals surface area contributed by atoms with Gasteiger partial charge in [0.1, 0.15) is 0 Å². The van der Waals surface area contributed by atoms with Crippen LogP contribution in [0.3, 0.4) is 0 Å². The number of thioether (sulfide) groups is 1. The van der Waals surface area contributed by atoms with Crippen molar-refractivity contribution in [3.05, 3.63) is 0 Å². The standard InChI is InChI=1S/C15H29N3O2S2/c1-3-16-15(17-10-12-7-8-22(19,20)11-12)18-13-5-4-6-14(9-13)21-2/h12-14H,3-11H2,1-2H3,(H2,16,17,18). The molecular formula is C15H29N3O2S2. The van der Waals surface area contributed by atoms with E-state index >= 15 is 0 Å². The van der Waals surface area contributed by atoms with E-state index in [9.17, 15) is 8.42 Å². The van der Waals surface area contributed by atoms with Crippen molar-refractivity contribution in [1.29, 1.82) is 0 Å². The molecule has 2 aliphatic rings. The van der Waals surface area contributed by atoms with E-state index in [1.165, 1.54) is 25.7 Å². The van der Waals surface area contributed by atoms with Crippen LogP contribution in [0, 0.1) is 5.92 Å². The molecule has 0 radical (unpaired) electrons. The van der Waals surface area contributed by atoms with Crippen LogP contribution in [0.25, 0.3) is 0 Å². The predicted octanol–water partition coefficient (Wildman–Crippen LogP) is 1.65. The van der Waals surface area contributed by atoms with Crippen molar-refractivity contribution in [2.75, 3.05) is 30.9 Å². The maximum absolute atomic E-state index is 11.5. The maximum atomic E-state index is 11.5. The van der Waals surface area contributed by atoms with Gasteiger partial charge in [0.25, 0.3) is 0 Å². The third kappa shape index (κ3) is 5.65. The van der Waals surface area contributed by atoms with Crippen molar-refractivity contribution in [2.45, 2.75) is 50.3 Å². The smallest absolute Gasteiger partial charge is 0.191 e. The van der Waals surface area contributed by atoms with Gasteiger partial charge in [0, 0.05) is 24.4 Å². The van der Waals surface area contributed by atoms with Gasteiger partial charge in [0.2, 0.25) is 0 Å². The summed E-state index contributed by atoms with van der Waals surface area (Å²) in [5.41, 5.74) is 0. The Hall–Kier alpha value is -0.430. The Bertz CT molecular complexity index is 479. The zero-order chi connectivity index (χ0) is 16.0. The highest BCUT2D eigenvalue weighted by molar-refractivity contribution is 7.99. The lowest BCUT2D eigenvalue weighted by atomic mass is 9.95. The SMILES string of the molecule is CCNC(=NCC1CCS(=O)(=O)C1)NC1CCCC(SC)C1. The number of guanidine groups is 1.